The van der Waals surface area contributed by atoms with Crippen LogP contribution >= 0.6 is 0 Å². The molecule has 0 bridgehead atoms. The van der Waals surface area contributed by atoms with Gasteiger partial charge in [-0.15, -0.1) is 0 Å². The lowest BCUT2D eigenvalue weighted by Gasteiger charge is -2.16. The van der Waals surface area contributed by atoms with Gasteiger partial charge in [-0.2, -0.15) is 4.98 Å². The highest BCUT2D eigenvalue weighted by molar-refractivity contribution is 4.95. The smallest absolute Gasteiger partial charge is 0.231 e. The first kappa shape index (κ1) is 12.1. The molecule has 5 nitrogen and oxygen atoms in total. The fourth-order valence-electron chi connectivity index (χ4n) is 1.35. The first-order valence-electron chi connectivity index (χ1n) is 5.23. The second kappa shape index (κ2) is 5.82. The van der Waals surface area contributed by atoms with Crippen LogP contribution in [0.3, 0.4) is 0 Å². The summed E-state index contributed by atoms with van der Waals surface area (Å²) in [6.07, 6.45) is 0. The summed E-state index contributed by atoms with van der Waals surface area (Å²) in [4.78, 5) is 4.26. The van der Waals surface area contributed by atoms with Crippen molar-refractivity contribution in [3.05, 3.63) is 11.7 Å². The molecule has 1 aromatic heterocycles. The average molecular weight is 213 g/mol. The summed E-state index contributed by atoms with van der Waals surface area (Å²) in [6.45, 7) is 7.58. The highest BCUT2D eigenvalue weighted by Gasteiger charge is 2.19. The van der Waals surface area contributed by atoms with Crippen LogP contribution in [-0.4, -0.2) is 29.8 Å². The van der Waals surface area contributed by atoms with Crippen LogP contribution in [0.1, 0.15) is 38.4 Å². The molecule has 0 radical (unpaired) electrons. The van der Waals surface area contributed by atoms with Gasteiger partial charge in [-0.3, -0.25) is 0 Å². The molecule has 0 saturated carbocycles. The number of hydrogen-bond acceptors (Lipinski definition) is 5. The third kappa shape index (κ3) is 3.28. The van der Waals surface area contributed by atoms with E-state index < -0.39 is 0 Å². The van der Waals surface area contributed by atoms with Gasteiger partial charge in [0, 0.05) is 13.2 Å². The van der Waals surface area contributed by atoms with E-state index in [1.807, 2.05) is 0 Å². The lowest BCUT2D eigenvalue weighted by atomic mass is 10.0. The molecule has 0 amide bonds. The summed E-state index contributed by atoms with van der Waals surface area (Å²) in [5.41, 5.74) is 0. The number of rotatable bonds is 6. The quantitative estimate of drug-likeness (QED) is 0.772. The number of nitrogens with zero attached hydrogens (tertiary/aromatic N) is 2. The molecule has 2 atom stereocenters. The van der Waals surface area contributed by atoms with E-state index in [1.165, 1.54) is 0 Å². The Labute approximate surface area is 90.2 Å². The molecule has 0 aliphatic rings. The van der Waals surface area contributed by atoms with Crippen LogP contribution < -0.4 is 5.32 Å². The van der Waals surface area contributed by atoms with Crippen molar-refractivity contribution in [2.45, 2.75) is 39.3 Å². The SMILES string of the molecule is CCNC(C)C(C)c1nc(COC)no1. The van der Waals surface area contributed by atoms with E-state index in [4.69, 9.17) is 9.26 Å². The van der Waals surface area contributed by atoms with E-state index in [-0.39, 0.29) is 5.92 Å². The van der Waals surface area contributed by atoms with Crippen molar-refractivity contribution in [3.8, 4) is 0 Å². The van der Waals surface area contributed by atoms with Crippen molar-refractivity contribution in [2.75, 3.05) is 13.7 Å². The van der Waals surface area contributed by atoms with Gasteiger partial charge in [0.05, 0.1) is 5.92 Å². The van der Waals surface area contributed by atoms with Gasteiger partial charge in [0.15, 0.2) is 5.82 Å². The van der Waals surface area contributed by atoms with E-state index in [9.17, 15) is 0 Å². The van der Waals surface area contributed by atoms with Crippen molar-refractivity contribution in [1.82, 2.24) is 15.5 Å². The van der Waals surface area contributed by atoms with Gasteiger partial charge in [-0.05, 0) is 13.5 Å². The third-order valence-electron chi connectivity index (χ3n) is 2.42. The topological polar surface area (TPSA) is 60.2 Å². The van der Waals surface area contributed by atoms with Crippen molar-refractivity contribution < 1.29 is 9.26 Å². The lowest BCUT2D eigenvalue weighted by molar-refractivity contribution is 0.174. The first-order valence-corrected chi connectivity index (χ1v) is 5.23. The average Bonchev–Trinajstić information content (AvgIpc) is 2.66. The van der Waals surface area contributed by atoms with E-state index >= 15 is 0 Å². The largest absolute Gasteiger partial charge is 0.377 e. The van der Waals surface area contributed by atoms with Crippen molar-refractivity contribution in [1.29, 1.82) is 0 Å². The fourth-order valence-corrected chi connectivity index (χ4v) is 1.35. The van der Waals surface area contributed by atoms with E-state index in [1.54, 1.807) is 7.11 Å². The van der Waals surface area contributed by atoms with Gasteiger partial charge in [0.1, 0.15) is 6.61 Å². The monoisotopic (exact) mass is 213 g/mol. The van der Waals surface area contributed by atoms with Gasteiger partial charge in [-0.25, -0.2) is 0 Å². The second-order valence-electron chi connectivity index (χ2n) is 3.62. The Balaban J connectivity index is 2.60. The molecule has 5 heteroatoms. The molecule has 1 rings (SSSR count). The minimum absolute atomic E-state index is 0.211. The molecule has 0 spiro atoms. The molecule has 15 heavy (non-hydrogen) atoms. The number of ether oxygens (including phenoxy) is 1. The Hall–Kier alpha value is -0.940. The maximum absolute atomic E-state index is 5.17. The number of methoxy groups -OCH3 is 1. The van der Waals surface area contributed by atoms with Crippen LogP contribution in [0.5, 0.6) is 0 Å². The fraction of sp³-hybridized carbons (Fsp3) is 0.800. The molecule has 0 aromatic carbocycles. The Bertz CT molecular complexity index is 288. The zero-order valence-electron chi connectivity index (χ0n) is 9.78. The molecule has 1 aromatic rings. The molecule has 0 aliphatic carbocycles. The molecular formula is C10H19N3O2. The molecule has 2 unspecified atom stereocenters. The first-order chi connectivity index (χ1) is 7.19. The van der Waals surface area contributed by atoms with Crippen molar-refractivity contribution in [3.63, 3.8) is 0 Å². The zero-order chi connectivity index (χ0) is 11.3. The second-order valence-corrected chi connectivity index (χ2v) is 3.62. The summed E-state index contributed by atoms with van der Waals surface area (Å²) < 4.78 is 10.1. The highest BCUT2D eigenvalue weighted by Crippen LogP contribution is 2.16. The number of aromatic nitrogens is 2. The van der Waals surface area contributed by atoms with Crippen LogP contribution in [0.4, 0.5) is 0 Å². The Morgan fingerprint density at radius 3 is 2.80 bits per heavy atom. The predicted octanol–water partition coefficient (Wildman–Crippen LogP) is 1.32. The van der Waals surface area contributed by atoms with E-state index in [2.05, 4.69) is 36.2 Å². The summed E-state index contributed by atoms with van der Waals surface area (Å²) in [7, 11) is 1.61. The number of nitrogens with one attached hydrogen (secondary N) is 1. The van der Waals surface area contributed by atoms with Gasteiger partial charge in [0.2, 0.25) is 5.89 Å². The van der Waals surface area contributed by atoms with Crippen LogP contribution in [0.2, 0.25) is 0 Å². The minimum atomic E-state index is 0.211. The van der Waals surface area contributed by atoms with Gasteiger partial charge in [-0.1, -0.05) is 19.0 Å². The molecule has 0 fully saturated rings. The summed E-state index contributed by atoms with van der Waals surface area (Å²) in [6, 6.07) is 0.325. The Morgan fingerprint density at radius 1 is 1.47 bits per heavy atom. The van der Waals surface area contributed by atoms with Crippen LogP contribution in [-0.2, 0) is 11.3 Å². The molecule has 1 heterocycles. The number of likely N-dealkylation sites (N-methyl/N-ethyl adjacent to an activating group) is 1. The van der Waals surface area contributed by atoms with E-state index in [0.29, 0.717) is 24.4 Å². The lowest BCUT2D eigenvalue weighted by Crippen LogP contribution is -2.30. The van der Waals surface area contributed by atoms with Crippen LogP contribution in [0, 0.1) is 0 Å². The normalized spacial score (nSPS) is 15.2. The maximum Gasteiger partial charge on any atom is 0.231 e. The predicted molar refractivity (Wildman–Crippen MR) is 56.6 cm³/mol. The Morgan fingerprint density at radius 2 is 2.20 bits per heavy atom. The minimum Gasteiger partial charge on any atom is -0.377 e. The molecular weight excluding hydrogens is 194 g/mol. The zero-order valence-corrected chi connectivity index (χ0v) is 9.78. The van der Waals surface area contributed by atoms with Gasteiger partial charge in [0.25, 0.3) is 0 Å². The molecule has 1 N–H and O–H groups in total. The van der Waals surface area contributed by atoms with Crippen molar-refractivity contribution >= 4 is 0 Å². The van der Waals surface area contributed by atoms with Gasteiger partial charge >= 0.3 is 0 Å². The Kier molecular flexibility index (Phi) is 4.71. The maximum atomic E-state index is 5.17. The summed E-state index contributed by atoms with van der Waals surface area (Å²) in [5, 5.41) is 7.16. The number of hydrogen-bond donors (Lipinski definition) is 1. The van der Waals surface area contributed by atoms with E-state index in [0.717, 1.165) is 6.54 Å². The van der Waals surface area contributed by atoms with Crippen molar-refractivity contribution in [2.24, 2.45) is 0 Å². The molecule has 0 aliphatic heterocycles. The van der Waals surface area contributed by atoms with Crippen LogP contribution in [0.15, 0.2) is 4.52 Å². The highest BCUT2D eigenvalue weighted by atomic mass is 16.5. The molecule has 86 valence electrons. The third-order valence-corrected chi connectivity index (χ3v) is 2.42. The van der Waals surface area contributed by atoms with Crippen LogP contribution in [0.25, 0.3) is 0 Å². The molecule has 0 saturated heterocycles. The standard InChI is InChI=1S/C10H19N3O2/c1-5-11-8(3)7(2)10-12-9(6-14-4)13-15-10/h7-8,11H,5-6H2,1-4H3. The summed E-state index contributed by atoms with van der Waals surface area (Å²) >= 11 is 0. The summed E-state index contributed by atoms with van der Waals surface area (Å²) in [5.74, 6) is 1.47. The van der Waals surface area contributed by atoms with Gasteiger partial charge < -0.3 is 14.6 Å².